The highest BCUT2D eigenvalue weighted by Crippen LogP contribution is 2.19. The number of aromatic nitrogens is 2. The maximum atomic E-state index is 11.2. The Kier molecular flexibility index (Phi) is 7.81. The molecule has 0 fully saturated rings. The molecular formula is C20H30N4O2. The van der Waals surface area contributed by atoms with E-state index >= 15 is 0 Å². The molecule has 2 heterocycles. The number of aryl methyl sites for hydroxylation is 1. The smallest absolute Gasteiger partial charge is 0.267 e. The normalized spacial score (nSPS) is 11.7. The van der Waals surface area contributed by atoms with E-state index in [1.807, 2.05) is 18.3 Å². The Morgan fingerprint density at radius 2 is 2.15 bits per heavy atom. The summed E-state index contributed by atoms with van der Waals surface area (Å²) in [6, 6.07) is 3.92. The molecular weight excluding hydrogens is 328 g/mol. The SMILES string of the molecule is CCCCN(CC)Cc1c(CCC)nc2cc(/C=C/C(=O)NO)ccn12. The van der Waals surface area contributed by atoms with E-state index in [0.717, 1.165) is 49.4 Å². The van der Waals surface area contributed by atoms with Crippen LogP contribution < -0.4 is 5.48 Å². The Hall–Kier alpha value is -2.18. The molecule has 0 spiro atoms. The van der Waals surface area contributed by atoms with E-state index in [2.05, 4.69) is 30.1 Å². The first-order valence-corrected chi connectivity index (χ1v) is 9.47. The van der Waals surface area contributed by atoms with Gasteiger partial charge in [0.25, 0.3) is 5.91 Å². The van der Waals surface area contributed by atoms with Gasteiger partial charge in [-0.25, -0.2) is 10.5 Å². The lowest BCUT2D eigenvalue weighted by atomic mass is 10.2. The summed E-state index contributed by atoms with van der Waals surface area (Å²) in [4.78, 5) is 18.5. The second-order valence-electron chi connectivity index (χ2n) is 6.48. The fraction of sp³-hybridized carbons (Fsp3) is 0.500. The summed E-state index contributed by atoms with van der Waals surface area (Å²) in [5.41, 5.74) is 5.76. The summed E-state index contributed by atoms with van der Waals surface area (Å²) in [6.07, 6.45) is 9.40. The molecule has 142 valence electrons. The first-order valence-electron chi connectivity index (χ1n) is 9.47. The van der Waals surface area contributed by atoms with Crippen molar-refractivity contribution in [3.63, 3.8) is 0 Å². The zero-order valence-corrected chi connectivity index (χ0v) is 16.0. The Balaban J connectivity index is 2.33. The van der Waals surface area contributed by atoms with Crippen LogP contribution in [0.3, 0.4) is 0 Å². The fourth-order valence-electron chi connectivity index (χ4n) is 3.02. The molecule has 1 amide bonds. The molecule has 0 unspecified atom stereocenters. The van der Waals surface area contributed by atoms with Crippen LogP contribution in [0.2, 0.25) is 0 Å². The van der Waals surface area contributed by atoms with Gasteiger partial charge in [0.05, 0.1) is 11.4 Å². The van der Waals surface area contributed by atoms with Crippen LogP contribution in [0.1, 0.15) is 57.0 Å². The van der Waals surface area contributed by atoms with Crippen molar-refractivity contribution in [1.29, 1.82) is 0 Å². The molecule has 0 aliphatic heterocycles. The van der Waals surface area contributed by atoms with Crippen LogP contribution in [0.15, 0.2) is 24.4 Å². The molecule has 6 nitrogen and oxygen atoms in total. The third-order valence-electron chi connectivity index (χ3n) is 4.50. The van der Waals surface area contributed by atoms with Gasteiger partial charge >= 0.3 is 0 Å². The second-order valence-corrected chi connectivity index (χ2v) is 6.48. The minimum Gasteiger partial charge on any atom is -0.302 e. The Morgan fingerprint density at radius 3 is 2.81 bits per heavy atom. The zero-order valence-electron chi connectivity index (χ0n) is 16.0. The van der Waals surface area contributed by atoms with E-state index in [1.165, 1.54) is 24.6 Å². The Labute approximate surface area is 155 Å². The monoisotopic (exact) mass is 358 g/mol. The van der Waals surface area contributed by atoms with Crippen LogP contribution in [0.25, 0.3) is 11.7 Å². The van der Waals surface area contributed by atoms with E-state index in [-0.39, 0.29) is 0 Å². The first-order chi connectivity index (χ1) is 12.6. The average Bonchev–Trinajstić information content (AvgIpc) is 2.99. The van der Waals surface area contributed by atoms with Crippen molar-refractivity contribution in [2.45, 2.75) is 53.0 Å². The number of pyridine rings is 1. The molecule has 0 radical (unpaired) electrons. The van der Waals surface area contributed by atoms with Gasteiger partial charge in [-0.1, -0.05) is 33.6 Å². The van der Waals surface area contributed by atoms with Gasteiger partial charge < -0.3 is 4.40 Å². The second kappa shape index (κ2) is 10.1. The number of hydrogen-bond acceptors (Lipinski definition) is 4. The van der Waals surface area contributed by atoms with Crippen LogP contribution in [0.5, 0.6) is 0 Å². The molecule has 0 aliphatic carbocycles. The zero-order chi connectivity index (χ0) is 18.9. The van der Waals surface area contributed by atoms with Gasteiger partial charge in [-0.2, -0.15) is 0 Å². The van der Waals surface area contributed by atoms with Crippen LogP contribution in [0, 0.1) is 0 Å². The van der Waals surface area contributed by atoms with Gasteiger partial charge in [0.1, 0.15) is 5.65 Å². The highest BCUT2D eigenvalue weighted by molar-refractivity contribution is 5.90. The van der Waals surface area contributed by atoms with Gasteiger partial charge in [0.2, 0.25) is 0 Å². The number of carbonyl (C=O) groups excluding carboxylic acids is 1. The number of hydroxylamine groups is 1. The number of fused-ring (bicyclic) bond motifs is 1. The third kappa shape index (κ3) is 5.16. The molecule has 2 rings (SSSR count). The summed E-state index contributed by atoms with van der Waals surface area (Å²) in [5, 5.41) is 8.58. The summed E-state index contributed by atoms with van der Waals surface area (Å²) >= 11 is 0. The first kappa shape index (κ1) is 20.1. The number of amides is 1. The van der Waals surface area contributed by atoms with Crippen molar-refractivity contribution in [1.82, 2.24) is 19.8 Å². The lowest BCUT2D eigenvalue weighted by Crippen LogP contribution is -2.25. The molecule has 2 aromatic heterocycles. The van der Waals surface area contributed by atoms with Crippen LogP contribution >= 0.6 is 0 Å². The van der Waals surface area contributed by atoms with E-state index in [9.17, 15) is 4.79 Å². The molecule has 0 bridgehead atoms. The number of nitrogens with one attached hydrogen (secondary N) is 1. The summed E-state index contributed by atoms with van der Waals surface area (Å²) < 4.78 is 2.16. The van der Waals surface area contributed by atoms with Crippen molar-refractivity contribution in [2.75, 3.05) is 13.1 Å². The number of carbonyl (C=O) groups is 1. The number of hydrogen-bond donors (Lipinski definition) is 2. The van der Waals surface area contributed by atoms with Gasteiger partial charge in [0, 0.05) is 18.8 Å². The topological polar surface area (TPSA) is 69.9 Å². The molecule has 0 aromatic carbocycles. The average molecular weight is 358 g/mol. The molecule has 0 saturated carbocycles. The lowest BCUT2D eigenvalue weighted by molar-refractivity contribution is -0.124. The van der Waals surface area contributed by atoms with E-state index < -0.39 is 5.91 Å². The van der Waals surface area contributed by atoms with Crippen molar-refractivity contribution >= 4 is 17.6 Å². The number of imidazole rings is 1. The van der Waals surface area contributed by atoms with Crippen molar-refractivity contribution < 1.29 is 10.0 Å². The Bertz CT molecular complexity index is 752. The van der Waals surface area contributed by atoms with Crippen molar-refractivity contribution in [2.24, 2.45) is 0 Å². The maximum absolute atomic E-state index is 11.2. The fourth-order valence-corrected chi connectivity index (χ4v) is 3.02. The van der Waals surface area contributed by atoms with Gasteiger partial charge in [-0.15, -0.1) is 0 Å². The van der Waals surface area contributed by atoms with Crippen LogP contribution in [-0.4, -0.2) is 38.5 Å². The summed E-state index contributed by atoms with van der Waals surface area (Å²) in [7, 11) is 0. The summed E-state index contributed by atoms with van der Waals surface area (Å²) in [6.45, 7) is 9.61. The van der Waals surface area contributed by atoms with E-state index in [4.69, 9.17) is 10.2 Å². The minimum absolute atomic E-state index is 0.546. The summed E-state index contributed by atoms with van der Waals surface area (Å²) in [5.74, 6) is -0.546. The van der Waals surface area contributed by atoms with Gasteiger partial charge in [-0.3, -0.25) is 14.9 Å². The quantitative estimate of drug-likeness (QED) is 0.388. The minimum atomic E-state index is -0.546. The van der Waals surface area contributed by atoms with Gasteiger partial charge in [-0.05, 0) is 49.7 Å². The number of nitrogens with zero attached hydrogens (tertiary/aromatic N) is 3. The van der Waals surface area contributed by atoms with Gasteiger partial charge in [0.15, 0.2) is 0 Å². The number of rotatable bonds is 10. The molecule has 6 heteroatoms. The van der Waals surface area contributed by atoms with E-state index in [0.29, 0.717) is 0 Å². The van der Waals surface area contributed by atoms with Crippen molar-refractivity contribution in [3.8, 4) is 0 Å². The van der Waals surface area contributed by atoms with Crippen molar-refractivity contribution in [3.05, 3.63) is 41.4 Å². The van der Waals surface area contributed by atoms with Crippen LogP contribution in [0.4, 0.5) is 0 Å². The predicted molar refractivity (Wildman–Crippen MR) is 104 cm³/mol. The predicted octanol–water partition coefficient (Wildman–Crippen LogP) is 3.43. The standard InChI is InChI=1S/C20H30N4O2/c1-4-7-12-23(6-3)15-18-17(8-5-2)21-19-14-16(11-13-24(18)19)9-10-20(25)22-26/h9-11,13-14,26H,4-8,12,15H2,1-3H3,(H,22,25)/b10-9+. The molecule has 0 atom stereocenters. The lowest BCUT2D eigenvalue weighted by Gasteiger charge is -2.20. The highest BCUT2D eigenvalue weighted by atomic mass is 16.5. The maximum Gasteiger partial charge on any atom is 0.267 e. The largest absolute Gasteiger partial charge is 0.302 e. The third-order valence-corrected chi connectivity index (χ3v) is 4.50. The highest BCUT2D eigenvalue weighted by Gasteiger charge is 2.14. The molecule has 0 aliphatic rings. The van der Waals surface area contributed by atoms with E-state index in [1.54, 1.807) is 11.6 Å². The molecule has 2 aromatic rings. The Morgan fingerprint density at radius 1 is 1.35 bits per heavy atom. The number of unbranched alkanes of at least 4 members (excludes halogenated alkanes) is 1. The van der Waals surface area contributed by atoms with Crippen LogP contribution in [-0.2, 0) is 17.8 Å². The molecule has 26 heavy (non-hydrogen) atoms. The molecule has 0 saturated heterocycles. The molecule has 2 N–H and O–H groups in total.